The van der Waals surface area contributed by atoms with E-state index in [1.807, 2.05) is 60.7 Å². The molecule has 2 N–H and O–H groups in total. The molecular formula is C26H21N3O3. The van der Waals surface area contributed by atoms with Gasteiger partial charge in [0, 0.05) is 5.56 Å². The summed E-state index contributed by atoms with van der Waals surface area (Å²) in [5, 5.41) is 14.8. The molecule has 0 aliphatic rings. The van der Waals surface area contributed by atoms with Gasteiger partial charge in [-0.1, -0.05) is 72.8 Å². The van der Waals surface area contributed by atoms with Crippen LogP contribution in [-0.2, 0) is 6.61 Å². The zero-order valence-electron chi connectivity index (χ0n) is 17.4. The molecule has 0 spiro atoms. The highest BCUT2D eigenvalue weighted by atomic mass is 16.5. The van der Waals surface area contributed by atoms with Gasteiger partial charge in [-0.2, -0.15) is 9.61 Å². The van der Waals surface area contributed by atoms with Crippen molar-refractivity contribution in [1.82, 2.24) is 14.6 Å². The Kier molecular flexibility index (Phi) is 5.05. The van der Waals surface area contributed by atoms with Gasteiger partial charge in [0.2, 0.25) is 0 Å². The summed E-state index contributed by atoms with van der Waals surface area (Å²) in [5.41, 5.74) is 5.07. The zero-order valence-corrected chi connectivity index (χ0v) is 17.4. The van der Waals surface area contributed by atoms with Gasteiger partial charge in [0.25, 0.3) is 5.56 Å². The van der Waals surface area contributed by atoms with Crippen molar-refractivity contribution in [2.45, 2.75) is 6.61 Å². The van der Waals surface area contributed by atoms with Crippen LogP contribution in [-0.4, -0.2) is 26.8 Å². The summed E-state index contributed by atoms with van der Waals surface area (Å²) in [4.78, 5) is 16.9. The van der Waals surface area contributed by atoms with Crippen LogP contribution in [0, 0.1) is 0 Å². The quantitative estimate of drug-likeness (QED) is 0.435. The number of aliphatic hydroxyl groups is 1. The fourth-order valence-electron chi connectivity index (χ4n) is 3.97. The van der Waals surface area contributed by atoms with Crippen molar-refractivity contribution in [3.63, 3.8) is 0 Å². The molecular weight excluding hydrogens is 402 g/mol. The van der Waals surface area contributed by atoms with Crippen molar-refractivity contribution in [3.05, 3.63) is 101 Å². The maximum absolute atomic E-state index is 13.6. The minimum absolute atomic E-state index is 0.299. The molecule has 0 unspecified atom stereocenters. The van der Waals surface area contributed by atoms with Crippen LogP contribution in [0.15, 0.2) is 89.7 Å². The third-order valence-electron chi connectivity index (χ3n) is 5.51. The predicted molar refractivity (Wildman–Crippen MR) is 125 cm³/mol. The van der Waals surface area contributed by atoms with Crippen molar-refractivity contribution in [2.75, 3.05) is 7.11 Å². The Morgan fingerprint density at radius 2 is 1.44 bits per heavy atom. The molecule has 0 radical (unpaired) electrons. The number of hydrogen-bond acceptors (Lipinski definition) is 4. The first-order valence-corrected chi connectivity index (χ1v) is 10.2. The number of aliphatic hydroxyl groups excluding tert-OH is 1. The highest BCUT2D eigenvalue weighted by molar-refractivity contribution is 5.91. The van der Waals surface area contributed by atoms with Crippen LogP contribution in [0.5, 0.6) is 5.75 Å². The van der Waals surface area contributed by atoms with Crippen LogP contribution >= 0.6 is 0 Å². The maximum Gasteiger partial charge on any atom is 0.282 e. The predicted octanol–water partition coefficient (Wildman–Crippen LogP) is 4.52. The average Bonchev–Trinajstić information content (AvgIpc) is 3.25. The van der Waals surface area contributed by atoms with Crippen molar-refractivity contribution in [2.24, 2.45) is 0 Å². The molecule has 32 heavy (non-hydrogen) atoms. The number of rotatable bonds is 5. The number of methoxy groups -OCH3 is 1. The number of H-pyrrole nitrogens is 1. The monoisotopic (exact) mass is 423 g/mol. The number of aromatic nitrogens is 3. The van der Waals surface area contributed by atoms with Gasteiger partial charge in [-0.05, 0) is 23.3 Å². The Hall–Kier alpha value is -4.16. The molecule has 6 heteroatoms. The van der Waals surface area contributed by atoms with Crippen LogP contribution in [0.3, 0.4) is 0 Å². The second kappa shape index (κ2) is 8.17. The third kappa shape index (κ3) is 3.27. The van der Waals surface area contributed by atoms with E-state index in [0.29, 0.717) is 33.9 Å². The first-order chi connectivity index (χ1) is 15.7. The van der Waals surface area contributed by atoms with E-state index in [1.165, 1.54) is 4.52 Å². The van der Waals surface area contributed by atoms with Gasteiger partial charge in [-0.25, -0.2) is 0 Å². The van der Waals surface area contributed by atoms with Gasteiger partial charge in [0.15, 0.2) is 0 Å². The lowest BCUT2D eigenvalue weighted by Gasteiger charge is -2.10. The van der Waals surface area contributed by atoms with Gasteiger partial charge in [-0.15, -0.1) is 0 Å². The number of fused-ring (bicyclic) bond motifs is 1. The molecule has 0 amide bonds. The SMILES string of the molecule is COc1ccc(-c2c(CO)[nH]c3c(-c4ccccc4)c(-c4ccccc4)nn3c2=O)cc1. The molecule has 0 bridgehead atoms. The van der Waals surface area contributed by atoms with Crippen LogP contribution in [0.2, 0.25) is 0 Å². The Bertz CT molecular complexity index is 1440. The van der Waals surface area contributed by atoms with E-state index in [-0.39, 0.29) is 12.2 Å². The molecule has 0 atom stereocenters. The van der Waals surface area contributed by atoms with Crippen LogP contribution in [0.25, 0.3) is 39.2 Å². The number of hydrogen-bond donors (Lipinski definition) is 2. The Balaban J connectivity index is 1.84. The smallest absolute Gasteiger partial charge is 0.282 e. The molecule has 0 saturated heterocycles. The second-order valence-electron chi connectivity index (χ2n) is 7.39. The molecule has 0 aliphatic carbocycles. The summed E-state index contributed by atoms with van der Waals surface area (Å²) in [6, 6.07) is 26.7. The molecule has 0 aliphatic heterocycles. The van der Waals surface area contributed by atoms with Gasteiger partial charge in [0.05, 0.1) is 30.5 Å². The summed E-state index contributed by atoms with van der Waals surface area (Å²) >= 11 is 0. The van der Waals surface area contributed by atoms with Gasteiger partial charge in [0.1, 0.15) is 17.1 Å². The summed E-state index contributed by atoms with van der Waals surface area (Å²) in [7, 11) is 1.59. The van der Waals surface area contributed by atoms with Gasteiger partial charge < -0.3 is 14.8 Å². The molecule has 2 heterocycles. The number of ether oxygens (including phenoxy) is 1. The fraction of sp³-hybridized carbons (Fsp3) is 0.0769. The van der Waals surface area contributed by atoms with E-state index in [4.69, 9.17) is 9.84 Å². The lowest BCUT2D eigenvalue weighted by atomic mass is 10.0. The van der Waals surface area contributed by atoms with Crippen molar-refractivity contribution >= 4 is 5.65 Å². The van der Waals surface area contributed by atoms with Crippen molar-refractivity contribution < 1.29 is 9.84 Å². The lowest BCUT2D eigenvalue weighted by molar-refractivity contribution is 0.277. The highest BCUT2D eigenvalue weighted by Crippen LogP contribution is 2.34. The Morgan fingerprint density at radius 3 is 2.03 bits per heavy atom. The molecule has 2 aromatic heterocycles. The fourth-order valence-corrected chi connectivity index (χ4v) is 3.97. The van der Waals surface area contributed by atoms with Crippen LogP contribution in [0.1, 0.15) is 5.69 Å². The molecule has 6 nitrogen and oxygen atoms in total. The Labute approximate surface area is 184 Å². The molecule has 3 aromatic carbocycles. The maximum atomic E-state index is 13.6. The minimum atomic E-state index is -0.312. The second-order valence-corrected chi connectivity index (χ2v) is 7.39. The molecule has 0 fully saturated rings. The van der Waals surface area contributed by atoms with Crippen molar-refractivity contribution in [3.8, 4) is 39.3 Å². The average molecular weight is 423 g/mol. The number of aromatic amines is 1. The van der Waals surface area contributed by atoms with E-state index in [1.54, 1.807) is 31.4 Å². The lowest BCUT2D eigenvalue weighted by Crippen LogP contribution is -2.20. The zero-order chi connectivity index (χ0) is 22.1. The van der Waals surface area contributed by atoms with Crippen molar-refractivity contribution in [1.29, 1.82) is 0 Å². The topological polar surface area (TPSA) is 79.6 Å². The number of nitrogens with one attached hydrogen (secondary N) is 1. The third-order valence-corrected chi connectivity index (χ3v) is 5.51. The Morgan fingerprint density at radius 1 is 0.844 bits per heavy atom. The highest BCUT2D eigenvalue weighted by Gasteiger charge is 2.22. The van der Waals surface area contributed by atoms with Crippen LogP contribution in [0.4, 0.5) is 0 Å². The number of nitrogens with zero attached hydrogens (tertiary/aromatic N) is 2. The summed E-state index contributed by atoms with van der Waals surface area (Å²) < 4.78 is 6.62. The number of benzene rings is 3. The first-order valence-electron chi connectivity index (χ1n) is 10.2. The molecule has 158 valence electrons. The van der Waals surface area contributed by atoms with E-state index < -0.39 is 0 Å². The summed E-state index contributed by atoms with van der Waals surface area (Å²) in [5.74, 6) is 0.689. The van der Waals surface area contributed by atoms with Gasteiger partial charge >= 0.3 is 0 Å². The van der Waals surface area contributed by atoms with E-state index in [0.717, 1.165) is 16.7 Å². The molecule has 5 aromatic rings. The van der Waals surface area contributed by atoms with Gasteiger partial charge in [-0.3, -0.25) is 4.79 Å². The summed E-state index contributed by atoms with van der Waals surface area (Å²) in [6.45, 7) is -0.312. The summed E-state index contributed by atoms with van der Waals surface area (Å²) in [6.07, 6.45) is 0. The van der Waals surface area contributed by atoms with Crippen LogP contribution < -0.4 is 10.3 Å². The molecule has 0 saturated carbocycles. The largest absolute Gasteiger partial charge is 0.497 e. The molecule has 5 rings (SSSR count). The first kappa shape index (κ1) is 19.8. The minimum Gasteiger partial charge on any atom is -0.497 e. The van der Waals surface area contributed by atoms with E-state index in [9.17, 15) is 9.90 Å². The standard InChI is InChI=1S/C26H21N3O3/c1-32-20-14-12-18(13-15-20)22-21(16-30)27-25-23(17-8-4-2-5-9-17)24(28-29(25)26(22)31)19-10-6-3-7-11-19/h2-15,27,30H,16H2,1H3. The normalized spacial score (nSPS) is 11.1. The van der Waals surface area contributed by atoms with E-state index >= 15 is 0 Å². The van der Waals surface area contributed by atoms with E-state index in [2.05, 4.69) is 4.98 Å².